The molecule has 0 saturated heterocycles. The number of hydrogen-bond acceptors (Lipinski definition) is 6. The molecule has 2 aliphatic heterocycles. The van der Waals surface area contributed by atoms with Crippen molar-refractivity contribution in [2.75, 3.05) is 31.6 Å². The molecule has 3 aromatic rings. The summed E-state index contributed by atoms with van der Waals surface area (Å²) in [5.41, 5.74) is 5.49. The maximum Gasteiger partial charge on any atom is 0.341 e. The van der Waals surface area contributed by atoms with E-state index in [9.17, 15) is 9.59 Å². The topological polar surface area (TPSA) is 61.9 Å². The lowest BCUT2D eigenvalue weighted by atomic mass is 10.00. The van der Waals surface area contributed by atoms with E-state index in [-0.39, 0.29) is 11.9 Å². The first-order chi connectivity index (χ1) is 17.1. The Kier molecular flexibility index (Phi) is 7.27. The first-order valence-electron chi connectivity index (χ1n) is 12.3. The van der Waals surface area contributed by atoms with Crippen molar-refractivity contribution in [3.63, 3.8) is 0 Å². The minimum Gasteiger partial charge on any atom is -0.462 e. The van der Waals surface area contributed by atoms with Crippen LogP contribution in [-0.2, 0) is 42.0 Å². The number of esters is 1. The van der Waals surface area contributed by atoms with Crippen LogP contribution in [0.2, 0.25) is 0 Å². The zero-order valence-corrected chi connectivity index (χ0v) is 20.9. The van der Waals surface area contributed by atoms with Crippen molar-refractivity contribution in [2.45, 2.75) is 39.4 Å². The molecule has 5 rings (SSSR count). The van der Waals surface area contributed by atoms with E-state index in [1.165, 1.54) is 28.0 Å². The molecule has 0 bridgehead atoms. The van der Waals surface area contributed by atoms with E-state index in [1.807, 2.05) is 19.1 Å². The summed E-state index contributed by atoms with van der Waals surface area (Å²) in [6.07, 6.45) is 1.72. The molecule has 1 aromatic heterocycles. The maximum atomic E-state index is 13.0. The van der Waals surface area contributed by atoms with Gasteiger partial charge in [-0.3, -0.25) is 14.6 Å². The first kappa shape index (κ1) is 23.7. The fourth-order valence-corrected chi connectivity index (χ4v) is 6.29. The van der Waals surface area contributed by atoms with Gasteiger partial charge in [0, 0.05) is 37.6 Å². The number of ether oxygens (including phenoxy) is 1. The van der Waals surface area contributed by atoms with Crippen LogP contribution in [0.1, 0.15) is 44.4 Å². The largest absolute Gasteiger partial charge is 0.462 e. The van der Waals surface area contributed by atoms with Crippen LogP contribution >= 0.6 is 11.3 Å². The van der Waals surface area contributed by atoms with Crippen molar-refractivity contribution in [1.29, 1.82) is 0 Å². The van der Waals surface area contributed by atoms with Crippen LogP contribution in [0.4, 0.5) is 5.00 Å². The van der Waals surface area contributed by atoms with Gasteiger partial charge in [0.15, 0.2) is 0 Å². The highest BCUT2D eigenvalue weighted by Crippen LogP contribution is 2.38. The fraction of sp³-hybridized carbons (Fsp3) is 0.357. The average molecular weight is 490 g/mol. The Hall–Kier alpha value is -3.00. The Bertz CT molecular complexity index is 1210. The number of carbonyl (C=O) groups excluding carboxylic acids is 2. The molecule has 1 N–H and O–H groups in total. The summed E-state index contributed by atoms with van der Waals surface area (Å²) >= 11 is 1.52. The predicted octanol–water partition coefficient (Wildman–Crippen LogP) is 4.48. The van der Waals surface area contributed by atoms with Crippen LogP contribution in [0.15, 0.2) is 54.6 Å². The van der Waals surface area contributed by atoms with Gasteiger partial charge in [-0.2, -0.15) is 0 Å². The highest BCUT2D eigenvalue weighted by Gasteiger charge is 2.30. The Balaban J connectivity index is 1.30. The van der Waals surface area contributed by atoms with Crippen LogP contribution in [0, 0.1) is 0 Å². The number of nitrogens with one attached hydrogen (secondary N) is 1. The van der Waals surface area contributed by atoms with Crippen molar-refractivity contribution >= 4 is 28.2 Å². The molecule has 0 aliphatic carbocycles. The van der Waals surface area contributed by atoms with E-state index in [2.05, 4.69) is 57.6 Å². The fourth-order valence-electron chi connectivity index (χ4n) is 5.00. The lowest BCUT2D eigenvalue weighted by Gasteiger charge is -2.28. The van der Waals surface area contributed by atoms with Crippen molar-refractivity contribution in [3.05, 3.63) is 87.3 Å². The summed E-state index contributed by atoms with van der Waals surface area (Å²) in [5, 5.41) is 3.68. The second-order valence-electron chi connectivity index (χ2n) is 9.15. The zero-order chi connectivity index (χ0) is 24.2. The summed E-state index contributed by atoms with van der Waals surface area (Å²) in [6, 6.07) is 18.8. The van der Waals surface area contributed by atoms with E-state index >= 15 is 0 Å². The Morgan fingerprint density at radius 1 is 0.943 bits per heavy atom. The summed E-state index contributed by atoms with van der Waals surface area (Å²) in [5.74, 6) is -0.432. The highest BCUT2D eigenvalue weighted by molar-refractivity contribution is 7.17. The number of carbonyl (C=O) groups is 2. The third kappa shape index (κ3) is 5.48. The van der Waals surface area contributed by atoms with Crippen LogP contribution in [-0.4, -0.2) is 47.9 Å². The van der Waals surface area contributed by atoms with Crippen molar-refractivity contribution in [3.8, 4) is 0 Å². The van der Waals surface area contributed by atoms with Crippen molar-refractivity contribution in [1.82, 2.24) is 9.80 Å². The van der Waals surface area contributed by atoms with Crippen LogP contribution in [0.3, 0.4) is 0 Å². The minimum atomic E-state index is -0.344. The van der Waals surface area contributed by atoms with E-state index in [0.717, 1.165) is 56.0 Å². The van der Waals surface area contributed by atoms with Gasteiger partial charge in [0.2, 0.25) is 5.91 Å². The van der Waals surface area contributed by atoms with Gasteiger partial charge in [-0.05, 0) is 42.0 Å². The van der Waals surface area contributed by atoms with E-state index in [0.29, 0.717) is 23.7 Å². The van der Waals surface area contributed by atoms with Gasteiger partial charge in [-0.15, -0.1) is 11.3 Å². The third-order valence-corrected chi connectivity index (χ3v) is 7.83. The van der Waals surface area contributed by atoms with Gasteiger partial charge in [-0.25, -0.2) is 4.79 Å². The number of nitrogens with zero attached hydrogens (tertiary/aromatic N) is 2. The summed E-state index contributed by atoms with van der Waals surface area (Å²) in [6.45, 7) is 6.54. The van der Waals surface area contributed by atoms with Crippen LogP contribution < -0.4 is 5.32 Å². The van der Waals surface area contributed by atoms with Crippen molar-refractivity contribution < 1.29 is 14.3 Å². The van der Waals surface area contributed by atoms with Crippen LogP contribution in [0.5, 0.6) is 0 Å². The smallest absolute Gasteiger partial charge is 0.341 e. The van der Waals surface area contributed by atoms with Gasteiger partial charge >= 0.3 is 5.97 Å². The number of fused-ring (bicyclic) bond motifs is 2. The Morgan fingerprint density at radius 2 is 1.69 bits per heavy atom. The standard InChI is InChI=1S/C28H31N3O3S/c1-2-34-28(33)26-23-13-15-30(16-20-8-4-3-5-9-20)18-24(23)35-27(26)29-25(32)19-31-14-12-21-10-6-7-11-22(21)17-31/h3-11H,2,12-19H2,1H3,(H,29,32). The molecule has 2 aromatic carbocycles. The molecule has 0 fully saturated rings. The van der Waals surface area contributed by atoms with Crippen LogP contribution in [0.25, 0.3) is 0 Å². The molecule has 182 valence electrons. The quantitative estimate of drug-likeness (QED) is 0.496. The molecular weight excluding hydrogens is 458 g/mol. The number of amides is 1. The second-order valence-corrected chi connectivity index (χ2v) is 10.3. The number of thiophene rings is 1. The van der Waals surface area contributed by atoms with Gasteiger partial charge in [0.25, 0.3) is 0 Å². The lowest BCUT2D eigenvalue weighted by molar-refractivity contribution is -0.117. The summed E-state index contributed by atoms with van der Waals surface area (Å²) in [4.78, 5) is 31.6. The van der Waals surface area contributed by atoms with Gasteiger partial charge in [0.1, 0.15) is 5.00 Å². The molecule has 0 saturated carbocycles. The van der Waals surface area contributed by atoms with Crippen molar-refractivity contribution in [2.24, 2.45) is 0 Å². The van der Waals surface area contributed by atoms with Gasteiger partial charge in [0.05, 0.1) is 18.7 Å². The first-order valence-corrected chi connectivity index (χ1v) is 13.1. The molecule has 0 atom stereocenters. The lowest BCUT2D eigenvalue weighted by Crippen LogP contribution is -2.37. The monoisotopic (exact) mass is 489 g/mol. The number of benzene rings is 2. The molecule has 2 aliphatic rings. The molecule has 1 amide bonds. The van der Waals surface area contributed by atoms with E-state index in [1.54, 1.807) is 0 Å². The van der Waals surface area contributed by atoms with Gasteiger partial charge in [-0.1, -0.05) is 54.6 Å². The van der Waals surface area contributed by atoms with E-state index < -0.39 is 0 Å². The SMILES string of the molecule is CCOC(=O)c1c(NC(=O)CN2CCc3ccccc3C2)sc2c1CCN(Cc1ccccc1)C2. The number of anilines is 1. The predicted molar refractivity (Wildman–Crippen MR) is 139 cm³/mol. The average Bonchev–Trinajstić information content (AvgIpc) is 3.21. The molecule has 35 heavy (non-hydrogen) atoms. The second kappa shape index (κ2) is 10.7. The number of rotatable bonds is 7. The molecule has 0 radical (unpaired) electrons. The molecule has 0 unspecified atom stereocenters. The molecule has 6 nitrogen and oxygen atoms in total. The maximum absolute atomic E-state index is 13.0. The molecular formula is C28H31N3O3S. The molecule has 3 heterocycles. The normalized spacial score (nSPS) is 15.8. The molecule has 0 spiro atoms. The number of hydrogen-bond donors (Lipinski definition) is 1. The summed E-state index contributed by atoms with van der Waals surface area (Å²) < 4.78 is 5.38. The Morgan fingerprint density at radius 3 is 2.49 bits per heavy atom. The highest BCUT2D eigenvalue weighted by atomic mass is 32.1. The zero-order valence-electron chi connectivity index (χ0n) is 20.1. The minimum absolute atomic E-state index is 0.0883. The van der Waals surface area contributed by atoms with Gasteiger partial charge < -0.3 is 10.1 Å². The third-order valence-electron chi connectivity index (χ3n) is 6.69. The Labute approximate surface area is 210 Å². The molecule has 7 heteroatoms. The summed E-state index contributed by atoms with van der Waals surface area (Å²) in [7, 11) is 0. The van der Waals surface area contributed by atoms with E-state index in [4.69, 9.17) is 4.74 Å².